The van der Waals surface area contributed by atoms with Crippen LogP contribution in [0.4, 0.5) is 11.4 Å². The first kappa shape index (κ1) is 19.9. The van der Waals surface area contributed by atoms with Crippen molar-refractivity contribution < 1.29 is 9.53 Å². The van der Waals surface area contributed by atoms with Crippen LogP contribution < -0.4 is 15.5 Å². The van der Waals surface area contributed by atoms with Gasteiger partial charge in [0, 0.05) is 23.1 Å². The molecule has 1 aliphatic rings. The molecule has 27 heavy (non-hydrogen) atoms. The first-order valence-corrected chi connectivity index (χ1v) is 9.65. The zero-order chi connectivity index (χ0) is 19.2. The molecule has 0 atom stereocenters. The largest absolute Gasteiger partial charge is 0.378 e. The van der Waals surface area contributed by atoms with Crippen molar-refractivity contribution in [2.24, 2.45) is 0 Å². The van der Waals surface area contributed by atoms with Crippen LogP contribution in [-0.2, 0) is 16.0 Å². The second-order valence-electron chi connectivity index (χ2n) is 6.07. The number of anilines is 2. The molecule has 8 heteroatoms. The topological polar surface area (TPSA) is 53.6 Å². The average molecular weight is 424 g/mol. The Hall–Kier alpha value is -1.86. The van der Waals surface area contributed by atoms with Gasteiger partial charge in [0.25, 0.3) is 0 Å². The minimum Gasteiger partial charge on any atom is -0.378 e. The molecule has 2 aromatic carbocycles. The number of nitrogens with zero attached hydrogens (tertiary/aromatic N) is 1. The van der Waals surface area contributed by atoms with E-state index >= 15 is 0 Å². The van der Waals surface area contributed by atoms with E-state index in [2.05, 4.69) is 15.5 Å². The third kappa shape index (κ3) is 5.81. The van der Waals surface area contributed by atoms with E-state index in [9.17, 15) is 4.79 Å². The molecule has 0 spiro atoms. The molecule has 1 amide bonds. The van der Waals surface area contributed by atoms with Gasteiger partial charge in [-0.1, -0.05) is 35.3 Å². The van der Waals surface area contributed by atoms with Crippen molar-refractivity contribution in [1.82, 2.24) is 5.32 Å². The number of halogens is 2. The summed E-state index contributed by atoms with van der Waals surface area (Å²) >= 11 is 17.3. The second kappa shape index (κ2) is 9.37. The molecule has 2 N–H and O–H groups in total. The molecule has 0 saturated carbocycles. The van der Waals surface area contributed by atoms with Crippen LogP contribution >= 0.6 is 35.4 Å². The molecule has 142 valence electrons. The SMILES string of the molecule is O=C(Cc1ccc(Cl)cc1)NC(=S)Nc1cc(Cl)ccc1N1CCOCC1. The Morgan fingerprint density at radius 2 is 1.74 bits per heavy atom. The Kier molecular flexibility index (Phi) is 6.90. The van der Waals surface area contributed by atoms with E-state index < -0.39 is 0 Å². The van der Waals surface area contributed by atoms with E-state index in [1.54, 1.807) is 18.2 Å². The number of carbonyl (C=O) groups excluding carboxylic acids is 1. The summed E-state index contributed by atoms with van der Waals surface area (Å²) in [5.74, 6) is -0.204. The summed E-state index contributed by atoms with van der Waals surface area (Å²) in [6.45, 7) is 2.91. The molecule has 1 fully saturated rings. The van der Waals surface area contributed by atoms with E-state index in [-0.39, 0.29) is 17.4 Å². The van der Waals surface area contributed by atoms with Crippen LogP contribution in [-0.4, -0.2) is 37.3 Å². The smallest absolute Gasteiger partial charge is 0.230 e. The Balaban J connectivity index is 1.63. The summed E-state index contributed by atoms with van der Waals surface area (Å²) in [4.78, 5) is 14.4. The van der Waals surface area contributed by atoms with Crippen LogP contribution in [0.1, 0.15) is 5.56 Å². The van der Waals surface area contributed by atoms with Gasteiger partial charge in [-0.25, -0.2) is 0 Å². The number of hydrogen-bond donors (Lipinski definition) is 2. The molecule has 2 aromatic rings. The quantitative estimate of drug-likeness (QED) is 0.730. The monoisotopic (exact) mass is 423 g/mol. The number of ether oxygens (including phenoxy) is 1. The van der Waals surface area contributed by atoms with Crippen molar-refractivity contribution in [2.45, 2.75) is 6.42 Å². The number of morpholine rings is 1. The molecule has 0 radical (unpaired) electrons. The molecule has 0 aliphatic carbocycles. The van der Waals surface area contributed by atoms with Gasteiger partial charge in [0.1, 0.15) is 0 Å². The zero-order valence-corrected chi connectivity index (χ0v) is 16.8. The van der Waals surface area contributed by atoms with Crippen molar-refractivity contribution in [3.63, 3.8) is 0 Å². The first-order chi connectivity index (χ1) is 13.0. The lowest BCUT2D eigenvalue weighted by Crippen LogP contribution is -2.38. The number of thiocarbonyl (C=S) groups is 1. The molecule has 5 nitrogen and oxygen atoms in total. The number of benzene rings is 2. The number of hydrogen-bond acceptors (Lipinski definition) is 4. The van der Waals surface area contributed by atoms with E-state index in [0.717, 1.165) is 30.0 Å². The third-order valence-corrected chi connectivity index (χ3v) is 4.78. The Morgan fingerprint density at radius 1 is 1.07 bits per heavy atom. The maximum atomic E-state index is 12.2. The second-order valence-corrected chi connectivity index (χ2v) is 7.35. The normalized spacial score (nSPS) is 13.9. The van der Waals surface area contributed by atoms with Crippen LogP contribution in [0.15, 0.2) is 42.5 Å². The molecule has 0 bridgehead atoms. The average Bonchev–Trinajstić information content (AvgIpc) is 2.64. The standard InChI is InChI=1S/C19H19Cl2N3O2S/c20-14-3-1-13(2-4-14)11-18(25)23-19(27)22-16-12-15(21)5-6-17(16)24-7-9-26-10-8-24/h1-6,12H,7-11H2,(H2,22,23,25,27). The predicted octanol–water partition coefficient (Wildman–Crippen LogP) is 3.89. The van der Waals surface area contributed by atoms with Crippen molar-refractivity contribution in [1.29, 1.82) is 0 Å². The van der Waals surface area contributed by atoms with Crippen molar-refractivity contribution >= 4 is 57.8 Å². The maximum Gasteiger partial charge on any atom is 0.230 e. The van der Waals surface area contributed by atoms with Gasteiger partial charge < -0.3 is 20.3 Å². The summed E-state index contributed by atoms with van der Waals surface area (Å²) in [7, 11) is 0. The predicted molar refractivity (Wildman–Crippen MR) is 114 cm³/mol. The minimum absolute atomic E-state index is 0.204. The van der Waals surface area contributed by atoms with E-state index in [1.807, 2.05) is 24.3 Å². The molecule has 3 rings (SSSR count). The van der Waals surface area contributed by atoms with Gasteiger partial charge in [-0.2, -0.15) is 0 Å². The molecular formula is C19H19Cl2N3O2S. The summed E-state index contributed by atoms with van der Waals surface area (Å²) in [5, 5.41) is 7.24. The highest BCUT2D eigenvalue weighted by Crippen LogP contribution is 2.29. The van der Waals surface area contributed by atoms with E-state index in [0.29, 0.717) is 23.3 Å². The highest BCUT2D eigenvalue weighted by atomic mass is 35.5. The van der Waals surface area contributed by atoms with E-state index in [4.69, 9.17) is 40.2 Å². The van der Waals surface area contributed by atoms with Crippen LogP contribution in [0.3, 0.4) is 0 Å². The zero-order valence-electron chi connectivity index (χ0n) is 14.5. The molecular weight excluding hydrogens is 405 g/mol. The van der Waals surface area contributed by atoms with Crippen LogP contribution in [0.2, 0.25) is 10.0 Å². The lowest BCUT2D eigenvalue weighted by molar-refractivity contribution is -0.119. The van der Waals surface area contributed by atoms with Gasteiger partial charge >= 0.3 is 0 Å². The van der Waals surface area contributed by atoms with Crippen molar-refractivity contribution in [2.75, 3.05) is 36.5 Å². The van der Waals surface area contributed by atoms with Crippen LogP contribution in [0.5, 0.6) is 0 Å². The Bertz CT molecular complexity index is 824. The van der Waals surface area contributed by atoms with Crippen LogP contribution in [0, 0.1) is 0 Å². The van der Waals surface area contributed by atoms with Crippen LogP contribution in [0.25, 0.3) is 0 Å². The molecule has 1 aliphatic heterocycles. The van der Waals surface area contributed by atoms with Gasteiger partial charge in [0.15, 0.2) is 5.11 Å². The molecule has 0 unspecified atom stereocenters. The van der Waals surface area contributed by atoms with Gasteiger partial charge in [0.05, 0.1) is 31.0 Å². The lowest BCUT2D eigenvalue weighted by atomic mass is 10.1. The van der Waals surface area contributed by atoms with Crippen molar-refractivity contribution in [3.05, 3.63) is 58.1 Å². The fourth-order valence-electron chi connectivity index (χ4n) is 2.80. The molecule has 1 saturated heterocycles. The third-order valence-electron chi connectivity index (χ3n) is 4.09. The summed E-state index contributed by atoms with van der Waals surface area (Å²) in [5.41, 5.74) is 2.58. The number of amides is 1. The molecule has 1 heterocycles. The summed E-state index contributed by atoms with van der Waals surface area (Å²) in [6, 6.07) is 12.7. The van der Waals surface area contributed by atoms with Crippen molar-refractivity contribution in [3.8, 4) is 0 Å². The molecule has 0 aromatic heterocycles. The fourth-order valence-corrected chi connectivity index (χ4v) is 3.32. The lowest BCUT2D eigenvalue weighted by Gasteiger charge is -2.30. The van der Waals surface area contributed by atoms with Gasteiger partial charge in [-0.15, -0.1) is 0 Å². The maximum absolute atomic E-state index is 12.2. The van der Waals surface area contributed by atoms with Gasteiger partial charge in [-0.3, -0.25) is 4.79 Å². The first-order valence-electron chi connectivity index (χ1n) is 8.49. The Labute approximate surface area is 173 Å². The van der Waals surface area contributed by atoms with E-state index in [1.165, 1.54) is 0 Å². The summed E-state index contributed by atoms with van der Waals surface area (Å²) < 4.78 is 5.40. The highest BCUT2D eigenvalue weighted by Gasteiger charge is 2.16. The van der Waals surface area contributed by atoms with Gasteiger partial charge in [-0.05, 0) is 48.1 Å². The number of rotatable bonds is 4. The fraction of sp³-hybridized carbons (Fsp3) is 0.263. The number of nitrogens with one attached hydrogen (secondary N) is 2. The summed E-state index contributed by atoms with van der Waals surface area (Å²) in [6.07, 6.45) is 0.213. The Morgan fingerprint density at radius 3 is 2.44 bits per heavy atom. The number of carbonyl (C=O) groups is 1. The van der Waals surface area contributed by atoms with Gasteiger partial charge in [0.2, 0.25) is 5.91 Å². The minimum atomic E-state index is -0.204. The highest BCUT2D eigenvalue weighted by molar-refractivity contribution is 7.80.